The molecule has 2 aliphatic heterocycles. The highest BCUT2D eigenvalue weighted by Gasteiger charge is 2.45. The Kier molecular flexibility index (Phi) is 4.97. The maximum atomic E-state index is 13.0. The van der Waals surface area contributed by atoms with Crippen LogP contribution in [0.2, 0.25) is 0 Å². The molecule has 2 aromatic rings. The van der Waals surface area contributed by atoms with Crippen LogP contribution in [0, 0.1) is 0 Å². The second kappa shape index (κ2) is 7.67. The number of nitrogens with two attached hydrogens (primary N) is 1. The molecule has 1 aliphatic carbocycles. The number of aromatic nitrogens is 2. The molecule has 3 aliphatic rings. The molecule has 0 amide bonds. The summed E-state index contributed by atoms with van der Waals surface area (Å²) in [6.07, 6.45) is 5.52. The minimum atomic E-state index is -2.46. The van der Waals surface area contributed by atoms with Gasteiger partial charge in [0.1, 0.15) is 12.3 Å². The molecule has 5 rings (SSSR count). The third-order valence-corrected chi connectivity index (χ3v) is 6.43. The van der Waals surface area contributed by atoms with Crippen LogP contribution in [0.1, 0.15) is 36.9 Å². The molecule has 6 nitrogen and oxygen atoms in total. The van der Waals surface area contributed by atoms with Crippen LogP contribution in [0.25, 0.3) is 11.3 Å². The van der Waals surface area contributed by atoms with Crippen LogP contribution in [0.3, 0.4) is 0 Å². The van der Waals surface area contributed by atoms with Gasteiger partial charge in [0.25, 0.3) is 5.92 Å². The van der Waals surface area contributed by atoms with Gasteiger partial charge in [-0.3, -0.25) is 0 Å². The van der Waals surface area contributed by atoms with E-state index in [1.54, 1.807) is 6.08 Å². The van der Waals surface area contributed by atoms with Gasteiger partial charge in [0, 0.05) is 55.5 Å². The second-order valence-electron chi connectivity index (χ2n) is 8.62. The van der Waals surface area contributed by atoms with Crippen molar-refractivity contribution in [1.82, 2.24) is 15.1 Å². The summed E-state index contributed by atoms with van der Waals surface area (Å²) < 4.78 is 33.4. The standard InChI is InChI=1S/C23H27F2N5O/c1-2-20-21-15(14-31-22(20)26)13-30(28-21)19-5-3-18(4-6-19)29-9-7-16(8-10-29)27-17-11-23(24,25)12-17/h2-6,13,16-17,27H,1,7-12,14,26H2. The summed E-state index contributed by atoms with van der Waals surface area (Å²) in [5.74, 6) is -2.11. The van der Waals surface area contributed by atoms with Crippen LogP contribution in [0.15, 0.2) is 49.0 Å². The number of hydrogen-bond acceptors (Lipinski definition) is 5. The fourth-order valence-electron chi connectivity index (χ4n) is 4.65. The molecule has 0 unspecified atom stereocenters. The fourth-order valence-corrected chi connectivity index (χ4v) is 4.65. The van der Waals surface area contributed by atoms with E-state index in [1.807, 2.05) is 10.9 Å². The van der Waals surface area contributed by atoms with E-state index in [9.17, 15) is 8.78 Å². The molecule has 3 N–H and O–H groups in total. The molecule has 0 atom stereocenters. The minimum absolute atomic E-state index is 0.0195. The number of alkyl halides is 2. The Hall–Kier alpha value is -2.87. The Labute approximate surface area is 180 Å². The zero-order chi connectivity index (χ0) is 21.6. The number of anilines is 1. The van der Waals surface area contributed by atoms with Crippen molar-refractivity contribution in [1.29, 1.82) is 0 Å². The molecule has 1 aromatic carbocycles. The van der Waals surface area contributed by atoms with E-state index >= 15 is 0 Å². The number of allylic oxidation sites excluding steroid dienone is 2. The number of nitrogens with zero attached hydrogens (tertiary/aromatic N) is 3. The number of piperidine rings is 1. The van der Waals surface area contributed by atoms with Gasteiger partial charge in [0.05, 0.1) is 11.3 Å². The molecule has 0 radical (unpaired) electrons. The maximum absolute atomic E-state index is 13.0. The molecule has 8 heteroatoms. The van der Waals surface area contributed by atoms with Crippen molar-refractivity contribution in [3.05, 3.63) is 60.3 Å². The summed E-state index contributed by atoms with van der Waals surface area (Å²) in [6.45, 7) is 6.04. The largest absolute Gasteiger partial charge is 0.474 e. The number of fused-ring (bicyclic) bond motifs is 1. The topological polar surface area (TPSA) is 68.3 Å². The minimum Gasteiger partial charge on any atom is -0.474 e. The van der Waals surface area contributed by atoms with Crippen LogP contribution in [-0.4, -0.2) is 40.9 Å². The Morgan fingerprint density at radius 3 is 2.45 bits per heavy atom. The zero-order valence-electron chi connectivity index (χ0n) is 17.4. The lowest BCUT2D eigenvalue weighted by atomic mass is 9.87. The smallest absolute Gasteiger partial charge is 0.251 e. The van der Waals surface area contributed by atoms with Crippen LogP contribution in [0.4, 0.5) is 14.5 Å². The quantitative estimate of drug-likeness (QED) is 0.764. The number of nitrogens with one attached hydrogen (secondary N) is 1. The summed E-state index contributed by atoms with van der Waals surface area (Å²) >= 11 is 0. The van der Waals surface area contributed by atoms with Gasteiger partial charge < -0.3 is 20.7 Å². The van der Waals surface area contributed by atoms with Gasteiger partial charge in [-0.05, 0) is 37.1 Å². The van der Waals surface area contributed by atoms with E-state index in [2.05, 4.69) is 46.2 Å². The second-order valence-corrected chi connectivity index (χ2v) is 8.62. The van der Waals surface area contributed by atoms with Gasteiger partial charge in [-0.1, -0.05) is 12.7 Å². The first-order valence-corrected chi connectivity index (χ1v) is 10.7. The third kappa shape index (κ3) is 3.92. The molecule has 1 saturated heterocycles. The zero-order valence-corrected chi connectivity index (χ0v) is 17.4. The van der Waals surface area contributed by atoms with Gasteiger partial charge in [-0.15, -0.1) is 0 Å². The number of hydrogen-bond donors (Lipinski definition) is 2. The maximum Gasteiger partial charge on any atom is 0.251 e. The summed E-state index contributed by atoms with van der Waals surface area (Å²) in [5.41, 5.74) is 10.5. The Morgan fingerprint density at radius 2 is 1.81 bits per heavy atom. The first kappa shape index (κ1) is 20.1. The molecule has 0 bridgehead atoms. The van der Waals surface area contributed by atoms with E-state index in [-0.39, 0.29) is 18.9 Å². The van der Waals surface area contributed by atoms with Crippen molar-refractivity contribution in [3.63, 3.8) is 0 Å². The van der Waals surface area contributed by atoms with Crippen LogP contribution >= 0.6 is 0 Å². The predicted octanol–water partition coefficient (Wildman–Crippen LogP) is 3.57. The van der Waals surface area contributed by atoms with E-state index in [1.165, 1.54) is 0 Å². The first-order valence-electron chi connectivity index (χ1n) is 10.7. The van der Waals surface area contributed by atoms with Crippen molar-refractivity contribution in [2.75, 3.05) is 18.0 Å². The SMILES string of the molecule is C=CC1=C(N)OCc2cn(-c3ccc(N4CCC(NC5CC(F)(F)C5)CC4)cc3)nc21. The lowest BCUT2D eigenvalue weighted by Crippen LogP contribution is -2.54. The van der Waals surface area contributed by atoms with Crippen LogP contribution in [0.5, 0.6) is 0 Å². The summed E-state index contributed by atoms with van der Waals surface area (Å²) in [7, 11) is 0. The molecule has 0 spiro atoms. The van der Waals surface area contributed by atoms with E-state index < -0.39 is 5.92 Å². The number of benzene rings is 1. The van der Waals surface area contributed by atoms with Gasteiger partial charge in [-0.2, -0.15) is 5.10 Å². The Morgan fingerprint density at radius 1 is 1.13 bits per heavy atom. The normalized spacial score (nSPS) is 21.4. The molecular formula is C23H27F2N5O. The van der Waals surface area contributed by atoms with E-state index in [0.29, 0.717) is 18.5 Å². The highest BCUT2D eigenvalue weighted by atomic mass is 19.3. The lowest BCUT2D eigenvalue weighted by Gasteiger charge is -2.41. The predicted molar refractivity (Wildman–Crippen MR) is 116 cm³/mol. The van der Waals surface area contributed by atoms with Crippen molar-refractivity contribution in [3.8, 4) is 5.69 Å². The van der Waals surface area contributed by atoms with Crippen LogP contribution in [-0.2, 0) is 11.3 Å². The lowest BCUT2D eigenvalue weighted by molar-refractivity contribution is -0.0951. The van der Waals surface area contributed by atoms with Crippen molar-refractivity contribution >= 4 is 11.3 Å². The van der Waals surface area contributed by atoms with Crippen LogP contribution < -0.4 is 16.0 Å². The van der Waals surface area contributed by atoms with Crippen molar-refractivity contribution < 1.29 is 13.5 Å². The molecule has 1 saturated carbocycles. The molecular weight excluding hydrogens is 400 g/mol. The summed E-state index contributed by atoms with van der Waals surface area (Å²) in [5, 5.41) is 8.08. The third-order valence-electron chi connectivity index (χ3n) is 6.43. The molecule has 2 fully saturated rings. The number of ether oxygens (including phenoxy) is 1. The monoisotopic (exact) mass is 427 g/mol. The highest BCUT2D eigenvalue weighted by Crippen LogP contribution is 2.38. The Bertz CT molecular complexity index is 997. The first-order chi connectivity index (χ1) is 14.9. The summed E-state index contributed by atoms with van der Waals surface area (Å²) in [4.78, 5) is 2.35. The van der Waals surface area contributed by atoms with Gasteiger partial charge in [0.15, 0.2) is 5.88 Å². The average Bonchev–Trinajstić information content (AvgIpc) is 3.17. The number of rotatable bonds is 5. The molecule has 1 aromatic heterocycles. The molecule has 31 heavy (non-hydrogen) atoms. The van der Waals surface area contributed by atoms with Gasteiger partial charge >= 0.3 is 0 Å². The van der Waals surface area contributed by atoms with Gasteiger partial charge in [0.2, 0.25) is 0 Å². The van der Waals surface area contributed by atoms with Crippen molar-refractivity contribution in [2.24, 2.45) is 5.73 Å². The number of halogens is 2. The van der Waals surface area contributed by atoms with Gasteiger partial charge in [-0.25, -0.2) is 13.5 Å². The van der Waals surface area contributed by atoms with E-state index in [0.717, 1.165) is 54.1 Å². The average molecular weight is 427 g/mol. The highest BCUT2D eigenvalue weighted by molar-refractivity contribution is 5.75. The Balaban J connectivity index is 1.21. The molecule has 3 heterocycles. The molecule has 164 valence electrons. The fraction of sp³-hybridized carbons (Fsp3) is 0.435. The summed E-state index contributed by atoms with van der Waals surface area (Å²) in [6, 6.07) is 8.61. The van der Waals surface area contributed by atoms with E-state index in [4.69, 9.17) is 10.5 Å². The van der Waals surface area contributed by atoms with Crippen molar-refractivity contribution in [2.45, 2.75) is 50.3 Å².